The van der Waals surface area contributed by atoms with Gasteiger partial charge in [0.05, 0.1) is 17.0 Å². The molecule has 7 heteroatoms. The van der Waals surface area contributed by atoms with E-state index < -0.39 is 0 Å². The molecular weight excluding hydrogens is 440 g/mol. The van der Waals surface area contributed by atoms with E-state index in [0.29, 0.717) is 17.1 Å². The van der Waals surface area contributed by atoms with Gasteiger partial charge in [0.15, 0.2) is 0 Å². The van der Waals surface area contributed by atoms with Crippen LogP contribution in [0, 0.1) is 0 Å². The van der Waals surface area contributed by atoms with Crippen LogP contribution in [-0.2, 0) is 0 Å². The van der Waals surface area contributed by atoms with Gasteiger partial charge in [-0.2, -0.15) is 0 Å². The second-order valence-electron chi connectivity index (χ2n) is 7.04. The number of carbonyl (C=O) groups is 1. The number of fused-ring (bicyclic) bond motifs is 2. The zero-order valence-electron chi connectivity index (χ0n) is 15.6. The fraction of sp³-hybridized carbons (Fsp3) is 0.190. The molecule has 28 heavy (non-hydrogen) atoms. The van der Waals surface area contributed by atoms with Crippen LogP contribution in [0.2, 0.25) is 5.02 Å². The van der Waals surface area contributed by atoms with Gasteiger partial charge in [0.25, 0.3) is 5.91 Å². The predicted molar refractivity (Wildman–Crippen MR) is 119 cm³/mol. The molecule has 0 atom stereocenters. The molecule has 0 fully saturated rings. The number of carbonyl (C=O) groups excluding carboxylic acids is 1. The first-order valence-corrected chi connectivity index (χ1v) is 10.1. The first kappa shape index (κ1) is 19.1. The average molecular weight is 460 g/mol. The van der Waals surface area contributed by atoms with Gasteiger partial charge in [-0.15, -0.1) is 0 Å². The summed E-state index contributed by atoms with van der Waals surface area (Å²) in [7, 11) is 3.97. The lowest BCUT2D eigenvalue weighted by Gasteiger charge is -2.11. The van der Waals surface area contributed by atoms with Crippen molar-refractivity contribution in [2.45, 2.75) is 0 Å². The van der Waals surface area contributed by atoms with Crippen LogP contribution in [-0.4, -0.2) is 48.0 Å². The molecule has 4 rings (SSSR count). The van der Waals surface area contributed by atoms with Crippen LogP contribution >= 0.6 is 27.5 Å². The summed E-state index contributed by atoms with van der Waals surface area (Å²) in [5, 5.41) is 5.60. The maximum atomic E-state index is 13.1. The van der Waals surface area contributed by atoms with E-state index in [9.17, 15) is 4.79 Å². The Morgan fingerprint density at radius 1 is 1.11 bits per heavy atom. The largest absolute Gasteiger partial charge is 0.353 e. The molecule has 0 saturated carbocycles. The summed E-state index contributed by atoms with van der Waals surface area (Å²) < 4.78 is 0.954. The first-order valence-electron chi connectivity index (χ1n) is 8.95. The number of benzene rings is 2. The van der Waals surface area contributed by atoms with Gasteiger partial charge in [0, 0.05) is 44.4 Å². The summed E-state index contributed by atoms with van der Waals surface area (Å²) >= 11 is 9.63. The highest BCUT2D eigenvalue weighted by molar-refractivity contribution is 9.10. The van der Waals surface area contributed by atoms with Crippen molar-refractivity contribution in [1.29, 1.82) is 0 Å². The van der Waals surface area contributed by atoms with Gasteiger partial charge in [-0.05, 0) is 50.5 Å². The van der Waals surface area contributed by atoms with Crippen molar-refractivity contribution < 1.29 is 4.79 Å². The smallest absolute Gasteiger partial charge is 0.254 e. The van der Waals surface area contributed by atoms with E-state index in [4.69, 9.17) is 11.6 Å². The molecule has 2 aromatic heterocycles. The van der Waals surface area contributed by atoms with Crippen molar-refractivity contribution in [3.8, 4) is 11.4 Å². The van der Waals surface area contributed by atoms with Crippen molar-refractivity contribution >= 4 is 55.2 Å². The third kappa shape index (κ3) is 3.68. The average Bonchev–Trinajstić information content (AvgIpc) is 3.21. The lowest BCUT2D eigenvalue weighted by Crippen LogP contribution is -2.31. The van der Waals surface area contributed by atoms with Crippen LogP contribution < -0.4 is 5.32 Å². The van der Waals surface area contributed by atoms with Crippen molar-refractivity contribution in [1.82, 2.24) is 20.2 Å². The molecule has 0 bridgehead atoms. The predicted octanol–water partition coefficient (Wildman–Crippen LogP) is 5.02. The standard InChI is InChI=1S/C21H20BrClN4O/c1-27(2)8-7-24-21(28)19-15-5-3-13(22)11-17(15)26-20(19)18-10-12-9-14(23)4-6-16(12)25-18/h3-6,9-11,25-26H,7-8H2,1-2H3,(H,24,28). The lowest BCUT2D eigenvalue weighted by molar-refractivity contribution is 0.0953. The third-order valence-corrected chi connectivity index (χ3v) is 5.41. The Balaban J connectivity index is 1.82. The van der Waals surface area contributed by atoms with Gasteiger partial charge in [0.2, 0.25) is 0 Å². The van der Waals surface area contributed by atoms with Gasteiger partial charge in [-0.1, -0.05) is 33.6 Å². The molecule has 0 spiro atoms. The molecule has 0 aliphatic heterocycles. The molecule has 5 nitrogen and oxygen atoms in total. The minimum Gasteiger partial charge on any atom is -0.353 e. The molecule has 0 aliphatic carbocycles. The molecular formula is C21H20BrClN4O. The highest BCUT2D eigenvalue weighted by Gasteiger charge is 2.21. The monoisotopic (exact) mass is 458 g/mol. The number of nitrogens with zero attached hydrogens (tertiary/aromatic N) is 1. The van der Waals surface area contributed by atoms with E-state index in [2.05, 4.69) is 31.2 Å². The van der Waals surface area contributed by atoms with E-state index >= 15 is 0 Å². The van der Waals surface area contributed by atoms with E-state index in [0.717, 1.165) is 44.2 Å². The second kappa shape index (κ2) is 7.62. The Labute approximate surface area is 176 Å². The molecule has 2 aromatic carbocycles. The van der Waals surface area contributed by atoms with Crippen molar-refractivity contribution in [3.05, 3.63) is 57.5 Å². The Bertz CT molecular complexity index is 1180. The second-order valence-corrected chi connectivity index (χ2v) is 8.39. The summed E-state index contributed by atoms with van der Waals surface area (Å²) in [5.74, 6) is -0.0953. The summed E-state index contributed by atoms with van der Waals surface area (Å²) in [6.07, 6.45) is 0. The lowest BCUT2D eigenvalue weighted by atomic mass is 10.1. The topological polar surface area (TPSA) is 63.9 Å². The molecule has 4 aromatic rings. The van der Waals surface area contributed by atoms with Gasteiger partial charge in [-0.3, -0.25) is 4.79 Å². The van der Waals surface area contributed by atoms with Crippen LogP contribution in [0.3, 0.4) is 0 Å². The number of aromatic nitrogens is 2. The quantitative estimate of drug-likeness (QED) is 0.392. The molecule has 0 saturated heterocycles. The molecule has 144 valence electrons. The molecule has 1 amide bonds. The van der Waals surface area contributed by atoms with E-state index in [1.807, 2.05) is 61.5 Å². The van der Waals surface area contributed by atoms with Crippen LogP contribution in [0.4, 0.5) is 0 Å². The van der Waals surface area contributed by atoms with Gasteiger partial charge >= 0.3 is 0 Å². The van der Waals surface area contributed by atoms with E-state index in [-0.39, 0.29) is 5.91 Å². The van der Waals surface area contributed by atoms with Gasteiger partial charge in [-0.25, -0.2) is 0 Å². The van der Waals surface area contributed by atoms with Crippen molar-refractivity contribution in [3.63, 3.8) is 0 Å². The van der Waals surface area contributed by atoms with Crippen LogP contribution in [0.15, 0.2) is 46.9 Å². The Kier molecular flexibility index (Phi) is 5.19. The minimum atomic E-state index is -0.0953. The number of nitrogens with one attached hydrogen (secondary N) is 3. The molecule has 0 radical (unpaired) electrons. The minimum absolute atomic E-state index is 0.0953. The van der Waals surface area contributed by atoms with Crippen molar-refractivity contribution in [2.24, 2.45) is 0 Å². The fourth-order valence-corrected chi connectivity index (χ4v) is 3.87. The maximum absolute atomic E-state index is 13.1. The van der Waals surface area contributed by atoms with E-state index in [1.54, 1.807) is 0 Å². The first-order chi connectivity index (χ1) is 13.4. The zero-order valence-corrected chi connectivity index (χ0v) is 17.9. The number of hydrogen-bond donors (Lipinski definition) is 3. The summed E-state index contributed by atoms with van der Waals surface area (Å²) in [6.45, 7) is 1.36. The van der Waals surface area contributed by atoms with Crippen molar-refractivity contribution in [2.75, 3.05) is 27.2 Å². The van der Waals surface area contributed by atoms with Crippen LogP contribution in [0.1, 0.15) is 10.4 Å². The summed E-state index contributed by atoms with van der Waals surface area (Å²) in [6, 6.07) is 13.6. The van der Waals surface area contributed by atoms with Gasteiger partial charge < -0.3 is 20.2 Å². The molecule has 0 aliphatic rings. The normalized spacial score (nSPS) is 11.6. The molecule has 3 N–H and O–H groups in total. The number of amides is 1. The Morgan fingerprint density at radius 2 is 1.93 bits per heavy atom. The number of halogens is 2. The summed E-state index contributed by atoms with van der Waals surface area (Å²) in [4.78, 5) is 21.9. The number of likely N-dealkylation sites (N-methyl/N-ethyl adjacent to an activating group) is 1. The van der Waals surface area contributed by atoms with E-state index in [1.165, 1.54) is 0 Å². The Morgan fingerprint density at radius 3 is 2.71 bits per heavy atom. The molecule has 0 unspecified atom stereocenters. The highest BCUT2D eigenvalue weighted by atomic mass is 79.9. The van der Waals surface area contributed by atoms with Crippen LogP contribution in [0.25, 0.3) is 33.2 Å². The molecule has 2 heterocycles. The zero-order chi connectivity index (χ0) is 19.8. The highest BCUT2D eigenvalue weighted by Crippen LogP contribution is 2.33. The summed E-state index contributed by atoms with van der Waals surface area (Å²) in [5.41, 5.74) is 4.13. The SMILES string of the molecule is CN(C)CCNC(=O)c1c(-c2cc3cc(Cl)ccc3[nH]2)[nH]c2cc(Br)ccc12. The number of hydrogen-bond acceptors (Lipinski definition) is 2. The third-order valence-electron chi connectivity index (χ3n) is 4.68. The number of H-pyrrole nitrogens is 2. The van der Waals surface area contributed by atoms with Gasteiger partial charge in [0.1, 0.15) is 0 Å². The van der Waals surface area contributed by atoms with Crippen LogP contribution in [0.5, 0.6) is 0 Å². The Hall–Kier alpha value is -2.28. The number of rotatable bonds is 5. The maximum Gasteiger partial charge on any atom is 0.254 e. The fourth-order valence-electron chi connectivity index (χ4n) is 3.33. The number of aromatic amines is 2.